The summed E-state index contributed by atoms with van der Waals surface area (Å²) in [6, 6.07) is 4.39. The second kappa shape index (κ2) is 15.3. The van der Waals surface area contributed by atoms with Gasteiger partial charge in [0.25, 0.3) is 0 Å². The van der Waals surface area contributed by atoms with Crippen LogP contribution in [0.3, 0.4) is 0 Å². The predicted molar refractivity (Wildman–Crippen MR) is 141 cm³/mol. The van der Waals surface area contributed by atoms with E-state index >= 15 is 0 Å². The third kappa shape index (κ3) is 10.5. The Morgan fingerprint density at radius 3 is 2.19 bits per heavy atom. The summed E-state index contributed by atoms with van der Waals surface area (Å²) in [7, 11) is 0. The van der Waals surface area contributed by atoms with Gasteiger partial charge in [-0.2, -0.15) is 0 Å². The fourth-order valence-electron chi connectivity index (χ4n) is 4.66. The van der Waals surface area contributed by atoms with Crippen LogP contribution in [0.4, 0.5) is 0 Å². The van der Waals surface area contributed by atoms with E-state index in [9.17, 15) is 24.3 Å². The zero-order valence-electron chi connectivity index (χ0n) is 22.0. The van der Waals surface area contributed by atoms with Crippen molar-refractivity contribution < 1.29 is 24.3 Å². The lowest BCUT2D eigenvalue weighted by Gasteiger charge is -2.27. The van der Waals surface area contributed by atoms with Crippen LogP contribution in [0.5, 0.6) is 5.75 Å². The average Bonchev–Trinajstić information content (AvgIpc) is 2.87. The van der Waals surface area contributed by atoms with Crippen molar-refractivity contribution in [2.24, 2.45) is 23.3 Å². The fourth-order valence-corrected chi connectivity index (χ4v) is 4.66. The summed E-state index contributed by atoms with van der Waals surface area (Å²) in [4.78, 5) is 50.6. The van der Waals surface area contributed by atoms with Gasteiger partial charge < -0.3 is 32.5 Å². The molecule has 1 aliphatic carbocycles. The number of ketones is 1. The summed E-state index contributed by atoms with van der Waals surface area (Å²) in [6.45, 7) is 3.38. The third-order valence-corrected chi connectivity index (χ3v) is 6.83. The van der Waals surface area contributed by atoms with E-state index < -0.39 is 23.9 Å². The van der Waals surface area contributed by atoms with Crippen molar-refractivity contribution >= 4 is 23.5 Å². The highest BCUT2D eigenvalue weighted by Crippen LogP contribution is 2.26. The Balaban J connectivity index is 2.00. The standard InChI is InChI=1S/C27H43N5O5/c1-17(2)26(36)22(12-13-28)31-25(35)16-30-27(37)23(14-18-8-10-20(33)11-9-18)32-24(34)15-21(29)19-6-4-3-5-7-19/h8-11,17,19,21-23,33H,3-7,12-16,28-29H2,1-2H3,(H,30,37)(H,31,35)(H,32,34). The molecule has 3 amide bonds. The molecular formula is C27H43N5O5. The normalized spacial score (nSPS) is 16.5. The Labute approximate surface area is 219 Å². The fraction of sp³-hybridized carbons (Fsp3) is 0.630. The Hall–Kier alpha value is -2.98. The number of nitrogens with two attached hydrogens (primary N) is 2. The molecule has 206 valence electrons. The van der Waals surface area contributed by atoms with Gasteiger partial charge in [0.05, 0.1) is 12.6 Å². The third-order valence-electron chi connectivity index (χ3n) is 6.83. The van der Waals surface area contributed by atoms with Gasteiger partial charge in [-0.05, 0) is 49.4 Å². The van der Waals surface area contributed by atoms with Gasteiger partial charge in [0, 0.05) is 24.8 Å². The number of amides is 3. The predicted octanol–water partition coefficient (Wildman–Crippen LogP) is 0.892. The smallest absolute Gasteiger partial charge is 0.243 e. The molecule has 10 nitrogen and oxygen atoms in total. The Bertz CT molecular complexity index is 899. The molecule has 1 aromatic carbocycles. The summed E-state index contributed by atoms with van der Waals surface area (Å²) in [6.07, 6.45) is 6.01. The van der Waals surface area contributed by atoms with Crippen molar-refractivity contribution in [3.63, 3.8) is 0 Å². The van der Waals surface area contributed by atoms with E-state index in [4.69, 9.17) is 11.5 Å². The molecule has 0 aromatic heterocycles. The first-order valence-electron chi connectivity index (χ1n) is 13.2. The lowest BCUT2D eigenvalue weighted by atomic mass is 9.83. The first-order valence-corrected chi connectivity index (χ1v) is 13.2. The molecule has 0 bridgehead atoms. The molecule has 3 atom stereocenters. The van der Waals surface area contributed by atoms with Crippen molar-refractivity contribution in [2.75, 3.05) is 13.1 Å². The van der Waals surface area contributed by atoms with Crippen molar-refractivity contribution in [1.82, 2.24) is 16.0 Å². The summed E-state index contributed by atoms with van der Waals surface area (Å²) in [5.41, 5.74) is 12.6. The first kappa shape index (κ1) is 30.2. The maximum absolute atomic E-state index is 13.0. The van der Waals surface area contributed by atoms with E-state index in [-0.39, 0.29) is 55.3 Å². The zero-order chi connectivity index (χ0) is 27.4. The van der Waals surface area contributed by atoms with Gasteiger partial charge >= 0.3 is 0 Å². The molecule has 0 saturated heterocycles. The van der Waals surface area contributed by atoms with E-state index in [2.05, 4.69) is 16.0 Å². The molecule has 8 N–H and O–H groups in total. The lowest BCUT2D eigenvalue weighted by molar-refractivity contribution is -0.132. The van der Waals surface area contributed by atoms with Crippen LogP contribution in [0.2, 0.25) is 0 Å². The largest absolute Gasteiger partial charge is 0.508 e. The number of aromatic hydroxyl groups is 1. The van der Waals surface area contributed by atoms with Gasteiger partial charge in [-0.25, -0.2) is 0 Å². The molecule has 1 saturated carbocycles. The molecule has 1 fully saturated rings. The number of nitrogens with one attached hydrogen (secondary N) is 3. The van der Waals surface area contributed by atoms with E-state index in [1.54, 1.807) is 26.0 Å². The van der Waals surface area contributed by atoms with Crippen LogP contribution < -0.4 is 27.4 Å². The molecule has 10 heteroatoms. The highest BCUT2D eigenvalue weighted by Gasteiger charge is 2.27. The molecular weight excluding hydrogens is 474 g/mol. The van der Waals surface area contributed by atoms with Gasteiger partial charge in [0.2, 0.25) is 17.7 Å². The first-order chi connectivity index (χ1) is 17.6. The second-order valence-corrected chi connectivity index (χ2v) is 10.2. The van der Waals surface area contributed by atoms with Crippen LogP contribution >= 0.6 is 0 Å². The molecule has 0 heterocycles. The van der Waals surface area contributed by atoms with E-state index in [1.165, 1.54) is 18.6 Å². The van der Waals surface area contributed by atoms with Gasteiger partial charge in [0.15, 0.2) is 5.78 Å². The van der Waals surface area contributed by atoms with E-state index in [0.717, 1.165) is 31.2 Å². The maximum atomic E-state index is 13.0. The number of Topliss-reactive ketones (excluding diaryl/α,β-unsaturated/α-hetero) is 1. The van der Waals surface area contributed by atoms with Crippen LogP contribution in [0, 0.1) is 11.8 Å². The average molecular weight is 518 g/mol. The zero-order valence-corrected chi connectivity index (χ0v) is 22.0. The Kier molecular flexibility index (Phi) is 12.5. The number of carbonyl (C=O) groups is 4. The molecule has 1 aliphatic rings. The molecule has 0 radical (unpaired) electrons. The minimum Gasteiger partial charge on any atom is -0.508 e. The SMILES string of the molecule is CC(C)C(=O)C(CCN)NC(=O)CNC(=O)C(Cc1ccc(O)cc1)NC(=O)CC(N)C1CCCCC1. The number of phenols is 1. The number of rotatable bonds is 14. The van der Waals surface area contributed by atoms with Crippen LogP contribution in [0.1, 0.15) is 64.4 Å². The maximum Gasteiger partial charge on any atom is 0.243 e. The highest BCUT2D eigenvalue weighted by molar-refractivity contribution is 5.93. The van der Waals surface area contributed by atoms with Crippen molar-refractivity contribution in [3.8, 4) is 5.75 Å². The van der Waals surface area contributed by atoms with Gasteiger partial charge in [-0.15, -0.1) is 0 Å². The van der Waals surface area contributed by atoms with Gasteiger partial charge in [0.1, 0.15) is 11.8 Å². The number of hydrogen-bond donors (Lipinski definition) is 6. The summed E-state index contributed by atoms with van der Waals surface area (Å²) >= 11 is 0. The number of benzene rings is 1. The van der Waals surface area contributed by atoms with Crippen molar-refractivity contribution in [1.29, 1.82) is 0 Å². The minimum absolute atomic E-state index is 0.0897. The van der Waals surface area contributed by atoms with E-state index in [1.807, 2.05) is 0 Å². The summed E-state index contributed by atoms with van der Waals surface area (Å²) in [5.74, 6) is -1.39. The Morgan fingerprint density at radius 1 is 0.973 bits per heavy atom. The van der Waals surface area contributed by atoms with Gasteiger partial charge in [-0.1, -0.05) is 45.2 Å². The molecule has 3 unspecified atom stereocenters. The molecule has 0 aliphatic heterocycles. The van der Waals surface area contributed by atoms with Crippen LogP contribution in [-0.2, 0) is 25.6 Å². The molecule has 0 spiro atoms. The molecule has 37 heavy (non-hydrogen) atoms. The van der Waals surface area contributed by atoms with Crippen LogP contribution in [-0.4, -0.2) is 59.8 Å². The number of carbonyl (C=O) groups excluding carboxylic acids is 4. The lowest BCUT2D eigenvalue weighted by Crippen LogP contribution is -2.52. The molecule has 2 rings (SSSR count). The van der Waals surface area contributed by atoms with Crippen molar-refractivity contribution in [2.45, 2.75) is 83.3 Å². The summed E-state index contributed by atoms with van der Waals surface area (Å²) < 4.78 is 0. The molecule has 1 aromatic rings. The number of hydrogen-bond acceptors (Lipinski definition) is 7. The Morgan fingerprint density at radius 2 is 1.59 bits per heavy atom. The number of phenolic OH excluding ortho intramolecular Hbond substituents is 1. The highest BCUT2D eigenvalue weighted by atomic mass is 16.3. The van der Waals surface area contributed by atoms with Crippen LogP contribution in [0.25, 0.3) is 0 Å². The van der Waals surface area contributed by atoms with Gasteiger partial charge in [-0.3, -0.25) is 19.2 Å². The van der Waals surface area contributed by atoms with Crippen molar-refractivity contribution in [3.05, 3.63) is 29.8 Å². The van der Waals surface area contributed by atoms with E-state index in [0.29, 0.717) is 12.3 Å². The van der Waals surface area contributed by atoms with Crippen LogP contribution in [0.15, 0.2) is 24.3 Å². The minimum atomic E-state index is -0.944. The topological polar surface area (TPSA) is 177 Å². The summed E-state index contributed by atoms with van der Waals surface area (Å²) in [5, 5.41) is 17.5. The second-order valence-electron chi connectivity index (χ2n) is 10.2. The quantitative estimate of drug-likeness (QED) is 0.212. The monoisotopic (exact) mass is 517 g/mol.